The molecule has 2 aliphatic heterocycles. The van der Waals surface area contributed by atoms with Crippen LogP contribution in [0.5, 0.6) is 0 Å². The zero-order valence-corrected chi connectivity index (χ0v) is 13.4. The SMILES string of the molecule is O=C1NC2(CCSc3ccccc32)C(O)N1Cc1ccccc1. The van der Waals surface area contributed by atoms with Crippen molar-refractivity contribution >= 4 is 17.8 Å². The number of nitrogens with one attached hydrogen (secondary N) is 1. The number of rotatable bonds is 2. The number of amides is 2. The molecule has 0 aromatic heterocycles. The van der Waals surface area contributed by atoms with Crippen LogP contribution in [0.4, 0.5) is 4.79 Å². The molecule has 2 aliphatic rings. The Labute approximate surface area is 139 Å². The lowest BCUT2D eigenvalue weighted by atomic mass is 9.85. The number of hydrogen-bond acceptors (Lipinski definition) is 3. The molecule has 2 unspecified atom stereocenters. The van der Waals surface area contributed by atoms with Crippen LogP contribution in [0.25, 0.3) is 0 Å². The van der Waals surface area contributed by atoms with E-state index in [9.17, 15) is 9.90 Å². The third-order valence-corrected chi connectivity index (χ3v) is 5.72. The smallest absolute Gasteiger partial charge is 0.320 e. The fourth-order valence-corrected chi connectivity index (χ4v) is 4.68. The first-order chi connectivity index (χ1) is 11.2. The van der Waals surface area contributed by atoms with Crippen molar-refractivity contribution in [2.24, 2.45) is 0 Å². The zero-order chi connectivity index (χ0) is 15.9. The van der Waals surface area contributed by atoms with E-state index in [4.69, 9.17) is 0 Å². The average molecular weight is 326 g/mol. The van der Waals surface area contributed by atoms with Crippen molar-refractivity contribution in [2.45, 2.75) is 29.6 Å². The van der Waals surface area contributed by atoms with Gasteiger partial charge in [0, 0.05) is 10.6 Å². The number of thioether (sulfide) groups is 1. The maximum Gasteiger partial charge on any atom is 0.320 e. The molecule has 118 valence electrons. The number of urea groups is 1. The monoisotopic (exact) mass is 326 g/mol. The summed E-state index contributed by atoms with van der Waals surface area (Å²) in [6.07, 6.45) is -0.135. The van der Waals surface area contributed by atoms with Crippen LogP contribution in [0.2, 0.25) is 0 Å². The Morgan fingerprint density at radius 3 is 2.74 bits per heavy atom. The number of carbonyl (C=O) groups is 1. The van der Waals surface area contributed by atoms with Gasteiger partial charge >= 0.3 is 6.03 Å². The molecule has 2 heterocycles. The minimum absolute atomic E-state index is 0.206. The molecule has 5 heteroatoms. The molecule has 4 nitrogen and oxygen atoms in total. The highest BCUT2D eigenvalue weighted by Gasteiger charge is 2.53. The van der Waals surface area contributed by atoms with Crippen LogP contribution in [0.3, 0.4) is 0 Å². The molecule has 0 radical (unpaired) electrons. The standard InChI is InChI=1S/C18H18N2O2S/c21-16-18(10-11-23-15-9-5-4-8-14(15)18)19-17(22)20(16)12-13-6-2-1-3-7-13/h1-9,16,21H,10-12H2,(H,19,22). The number of aliphatic hydroxyl groups excluding tert-OH is 1. The normalized spacial score (nSPS) is 26.2. The van der Waals surface area contributed by atoms with Crippen molar-refractivity contribution < 1.29 is 9.90 Å². The van der Waals surface area contributed by atoms with Crippen LogP contribution in [0.1, 0.15) is 17.5 Å². The van der Waals surface area contributed by atoms with Gasteiger partial charge in [-0.2, -0.15) is 0 Å². The molecular formula is C18H18N2O2S. The summed E-state index contributed by atoms with van der Waals surface area (Å²) in [4.78, 5) is 15.2. The van der Waals surface area contributed by atoms with Crippen molar-refractivity contribution in [3.63, 3.8) is 0 Å². The van der Waals surface area contributed by atoms with Crippen molar-refractivity contribution in [1.29, 1.82) is 0 Å². The number of carbonyl (C=O) groups excluding carboxylic acids is 1. The molecule has 0 aliphatic carbocycles. The fraction of sp³-hybridized carbons (Fsp3) is 0.278. The van der Waals surface area contributed by atoms with Gasteiger partial charge in [0.15, 0.2) is 6.23 Å². The Balaban J connectivity index is 1.69. The summed E-state index contributed by atoms with van der Waals surface area (Å²) in [5.74, 6) is 0.882. The Bertz CT molecular complexity index is 737. The zero-order valence-electron chi connectivity index (χ0n) is 12.6. The summed E-state index contributed by atoms with van der Waals surface area (Å²) in [5, 5.41) is 14.0. The van der Waals surface area contributed by atoms with Crippen LogP contribution in [0.15, 0.2) is 59.5 Å². The van der Waals surface area contributed by atoms with Crippen LogP contribution in [-0.4, -0.2) is 28.0 Å². The van der Waals surface area contributed by atoms with Crippen LogP contribution in [0, 0.1) is 0 Å². The van der Waals surface area contributed by atoms with Gasteiger partial charge in [0.1, 0.15) is 5.54 Å². The van der Waals surface area contributed by atoms with Crippen molar-refractivity contribution in [1.82, 2.24) is 10.2 Å². The molecule has 1 fully saturated rings. The molecule has 2 aromatic rings. The topological polar surface area (TPSA) is 52.6 Å². The Hall–Kier alpha value is -1.98. The van der Waals surface area contributed by atoms with E-state index < -0.39 is 11.8 Å². The van der Waals surface area contributed by atoms with E-state index in [0.717, 1.165) is 28.2 Å². The van der Waals surface area contributed by atoms with E-state index in [-0.39, 0.29) is 6.03 Å². The fourth-order valence-electron chi connectivity index (χ4n) is 3.46. The number of nitrogens with zero attached hydrogens (tertiary/aromatic N) is 1. The highest BCUT2D eigenvalue weighted by molar-refractivity contribution is 7.99. The predicted molar refractivity (Wildman–Crippen MR) is 90.0 cm³/mol. The first kappa shape index (κ1) is 14.6. The molecular weight excluding hydrogens is 308 g/mol. The van der Waals surface area contributed by atoms with Gasteiger partial charge < -0.3 is 10.4 Å². The van der Waals surface area contributed by atoms with Crippen LogP contribution < -0.4 is 5.32 Å². The van der Waals surface area contributed by atoms with Crippen molar-refractivity contribution in [3.8, 4) is 0 Å². The van der Waals surface area contributed by atoms with E-state index in [0.29, 0.717) is 6.54 Å². The van der Waals surface area contributed by atoms with E-state index in [1.807, 2.05) is 48.5 Å². The molecule has 2 atom stereocenters. The second-order valence-corrected chi connectivity index (χ2v) is 7.12. The van der Waals surface area contributed by atoms with Gasteiger partial charge in [-0.1, -0.05) is 48.5 Å². The van der Waals surface area contributed by atoms with Gasteiger partial charge in [-0.05, 0) is 23.6 Å². The second kappa shape index (κ2) is 5.58. The molecule has 4 rings (SSSR count). The molecule has 2 amide bonds. The second-order valence-electron chi connectivity index (χ2n) is 5.98. The maximum atomic E-state index is 12.5. The molecule has 0 saturated carbocycles. The molecule has 1 saturated heterocycles. The van der Waals surface area contributed by atoms with Crippen molar-refractivity contribution in [2.75, 3.05) is 5.75 Å². The largest absolute Gasteiger partial charge is 0.371 e. The molecule has 23 heavy (non-hydrogen) atoms. The Morgan fingerprint density at radius 1 is 1.17 bits per heavy atom. The number of aliphatic hydroxyl groups is 1. The molecule has 2 aromatic carbocycles. The summed E-state index contributed by atoms with van der Waals surface area (Å²) in [6, 6.07) is 17.6. The molecule has 2 N–H and O–H groups in total. The van der Waals surface area contributed by atoms with Crippen molar-refractivity contribution in [3.05, 3.63) is 65.7 Å². The lowest BCUT2D eigenvalue weighted by Gasteiger charge is -2.38. The van der Waals surface area contributed by atoms with Crippen LogP contribution in [-0.2, 0) is 12.1 Å². The number of fused-ring (bicyclic) bond motifs is 2. The number of hydrogen-bond donors (Lipinski definition) is 2. The minimum atomic E-state index is -0.864. The van der Waals surface area contributed by atoms with Gasteiger partial charge in [-0.3, -0.25) is 4.90 Å². The summed E-state index contributed by atoms with van der Waals surface area (Å²) in [7, 11) is 0. The van der Waals surface area contributed by atoms with Gasteiger partial charge in [0.25, 0.3) is 0 Å². The average Bonchev–Trinajstić information content (AvgIpc) is 2.81. The van der Waals surface area contributed by atoms with E-state index in [1.54, 1.807) is 11.8 Å². The van der Waals surface area contributed by atoms with Gasteiger partial charge in [-0.15, -0.1) is 11.8 Å². The lowest BCUT2D eigenvalue weighted by Crippen LogP contribution is -2.49. The Morgan fingerprint density at radius 2 is 1.91 bits per heavy atom. The summed E-state index contributed by atoms with van der Waals surface area (Å²) < 4.78 is 0. The highest BCUT2D eigenvalue weighted by Crippen LogP contribution is 2.45. The number of benzene rings is 2. The molecule has 1 spiro atoms. The predicted octanol–water partition coefficient (Wildman–Crippen LogP) is 2.92. The lowest BCUT2D eigenvalue weighted by molar-refractivity contribution is -0.00697. The quantitative estimate of drug-likeness (QED) is 0.892. The first-order valence-corrected chi connectivity index (χ1v) is 8.72. The third-order valence-electron chi connectivity index (χ3n) is 4.64. The van der Waals surface area contributed by atoms with E-state index >= 15 is 0 Å². The van der Waals surface area contributed by atoms with Gasteiger partial charge in [0.05, 0.1) is 6.54 Å². The highest BCUT2D eigenvalue weighted by atomic mass is 32.2. The van der Waals surface area contributed by atoms with E-state index in [2.05, 4.69) is 11.4 Å². The van der Waals surface area contributed by atoms with Gasteiger partial charge in [-0.25, -0.2) is 4.79 Å². The summed E-state index contributed by atoms with van der Waals surface area (Å²) >= 11 is 1.78. The summed E-state index contributed by atoms with van der Waals surface area (Å²) in [6.45, 7) is 0.408. The minimum Gasteiger partial charge on any atom is -0.371 e. The Kier molecular flexibility index (Phi) is 3.54. The first-order valence-electron chi connectivity index (χ1n) is 7.74. The maximum absolute atomic E-state index is 12.5. The van der Waals surface area contributed by atoms with E-state index in [1.165, 1.54) is 4.90 Å². The van der Waals surface area contributed by atoms with Crippen LogP contribution >= 0.6 is 11.8 Å². The van der Waals surface area contributed by atoms with Gasteiger partial charge in [0.2, 0.25) is 0 Å². The molecule has 0 bridgehead atoms. The third kappa shape index (κ3) is 2.31. The summed E-state index contributed by atoms with van der Waals surface area (Å²) in [5.41, 5.74) is 1.33.